The monoisotopic (exact) mass is 263 g/mol. The standard InChI is InChI=1S/C11H25N3O2S/c1-12-6-3-9-17(15,16)13-10-11-4-7-14(2)8-5-11/h11-13H,3-10H2,1-2H3. The number of hydrogen-bond acceptors (Lipinski definition) is 4. The van der Waals surface area contributed by atoms with Crippen LogP contribution < -0.4 is 10.0 Å². The zero-order valence-corrected chi connectivity index (χ0v) is 11.7. The van der Waals surface area contributed by atoms with Crippen LogP contribution in [0, 0.1) is 5.92 Å². The van der Waals surface area contributed by atoms with E-state index in [1.807, 2.05) is 7.05 Å². The van der Waals surface area contributed by atoms with E-state index in [1.54, 1.807) is 0 Å². The first-order chi connectivity index (χ1) is 8.03. The smallest absolute Gasteiger partial charge is 0.211 e. The van der Waals surface area contributed by atoms with Crippen LogP contribution in [-0.2, 0) is 10.0 Å². The number of rotatable bonds is 7. The molecule has 0 unspecified atom stereocenters. The summed E-state index contributed by atoms with van der Waals surface area (Å²) in [5.41, 5.74) is 0. The molecule has 1 aliphatic heterocycles. The molecular formula is C11H25N3O2S. The average Bonchev–Trinajstić information content (AvgIpc) is 2.29. The van der Waals surface area contributed by atoms with Gasteiger partial charge in [0.2, 0.25) is 10.0 Å². The van der Waals surface area contributed by atoms with Gasteiger partial charge in [0, 0.05) is 6.54 Å². The van der Waals surface area contributed by atoms with Crippen LogP contribution in [-0.4, -0.2) is 59.3 Å². The Morgan fingerprint density at radius 2 is 1.94 bits per heavy atom. The lowest BCUT2D eigenvalue weighted by Crippen LogP contribution is -2.37. The molecule has 1 rings (SSSR count). The highest BCUT2D eigenvalue weighted by Crippen LogP contribution is 2.14. The Morgan fingerprint density at radius 1 is 1.29 bits per heavy atom. The van der Waals surface area contributed by atoms with Gasteiger partial charge in [-0.2, -0.15) is 0 Å². The first-order valence-electron chi connectivity index (χ1n) is 6.34. The zero-order valence-electron chi connectivity index (χ0n) is 10.9. The molecule has 0 radical (unpaired) electrons. The predicted molar refractivity (Wildman–Crippen MR) is 70.6 cm³/mol. The topological polar surface area (TPSA) is 61.4 Å². The summed E-state index contributed by atoms with van der Waals surface area (Å²) in [6, 6.07) is 0. The molecule has 1 heterocycles. The summed E-state index contributed by atoms with van der Waals surface area (Å²) in [5.74, 6) is 0.728. The Morgan fingerprint density at radius 3 is 2.53 bits per heavy atom. The van der Waals surface area contributed by atoms with Crippen molar-refractivity contribution in [1.82, 2.24) is 14.9 Å². The van der Waals surface area contributed by atoms with Crippen molar-refractivity contribution in [3.63, 3.8) is 0 Å². The van der Waals surface area contributed by atoms with E-state index >= 15 is 0 Å². The van der Waals surface area contributed by atoms with Gasteiger partial charge in [-0.15, -0.1) is 0 Å². The number of piperidine rings is 1. The molecule has 102 valence electrons. The molecule has 6 heteroatoms. The van der Waals surface area contributed by atoms with Crippen molar-refractivity contribution in [1.29, 1.82) is 0 Å². The van der Waals surface area contributed by atoms with E-state index in [1.165, 1.54) is 0 Å². The van der Waals surface area contributed by atoms with Crippen LogP contribution in [0.5, 0.6) is 0 Å². The molecule has 2 N–H and O–H groups in total. The molecule has 1 fully saturated rings. The summed E-state index contributed by atoms with van der Waals surface area (Å²) in [6.45, 7) is 3.50. The molecular weight excluding hydrogens is 238 g/mol. The van der Waals surface area contributed by atoms with Gasteiger partial charge in [-0.1, -0.05) is 0 Å². The molecule has 0 aliphatic carbocycles. The van der Waals surface area contributed by atoms with Crippen LogP contribution in [0.2, 0.25) is 0 Å². The molecule has 0 aromatic heterocycles. The fraction of sp³-hybridized carbons (Fsp3) is 1.00. The zero-order chi connectivity index (χ0) is 12.7. The second kappa shape index (κ2) is 7.31. The second-order valence-corrected chi connectivity index (χ2v) is 6.80. The van der Waals surface area contributed by atoms with Crippen molar-refractivity contribution < 1.29 is 8.42 Å². The Bertz CT molecular complexity index is 298. The molecule has 0 saturated carbocycles. The number of nitrogens with zero attached hydrogens (tertiary/aromatic N) is 1. The SMILES string of the molecule is CNCCCS(=O)(=O)NCC1CCN(C)CC1. The fourth-order valence-corrected chi connectivity index (χ4v) is 3.18. The van der Waals surface area contributed by atoms with E-state index in [0.717, 1.165) is 32.5 Å². The molecule has 0 atom stereocenters. The van der Waals surface area contributed by atoms with E-state index in [9.17, 15) is 8.42 Å². The van der Waals surface area contributed by atoms with Gasteiger partial charge >= 0.3 is 0 Å². The summed E-state index contributed by atoms with van der Waals surface area (Å²) >= 11 is 0. The van der Waals surface area contributed by atoms with E-state index in [-0.39, 0.29) is 5.75 Å². The van der Waals surface area contributed by atoms with E-state index in [2.05, 4.69) is 22.0 Å². The highest BCUT2D eigenvalue weighted by Gasteiger charge is 2.18. The normalized spacial score (nSPS) is 19.6. The van der Waals surface area contributed by atoms with Crippen molar-refractivity contribution in [2.24, 2.45) is 5.92 Å². The molecule has 0 aromatic carbocycles. The maximum Gasteiger partial charge on any atom is 0.211 e. The highest BCUT2D eigenvalue weighted by atomic mass is 32.2. The summed E-state index contributed by atoms with van der Waals surface area (Å²) < 4.78 is 26.1. The van der Waals surface area contributed by atoms with Crippen molar-refractivity contribution in [3.05, 3.63) is 0 Å². The lowest BCUT2D eigenvalue weighted by molar-refractivity contribution is 0.220. The first kappa shape index (κ1) is 14.9. The molecule has 1 aliphatic rings. The average molecular weight is 263 g/mol. The minimum Gasteiger partial charge on any atom is -0.320 e. The molecule has 0 amide bonds. The van der Waals surface area contributed by atoms with Crippen LogP contribution in [0.3, 0.4) is 0 Å². The molecule has 0 aromatic rings. The number of nitrogens with one attached hydrogen (secondary N) is 2. The quantitative estimate of drug-likeness (QED) is 0.628. The third-order valence-electron chi connectivity index (χ3n) is 3.27. The number of sulfonamides is 1. The fourth-order valence-electron chi connectivity index (χ4n) is 2.02. The van der Waals surface area contributed by atoms with Crippen LogP contribution >= 0.6 is 0 Å². The summed E-state index contributed by atoms with van der Waals surface area (Å²) in [6.07, 6.45) is 2.85. The first-order valence-corrected chi connectivity index (χ1v) is 7.99. The maximum absolute atomic E-state index is 11.7. The largest absolute Gasteiger partial charge is 0.320 e. The Balaban J connectivity index is 2.20. The van der Waals surface area contributed by atoms with Crippen molar-refractivity contribution in [2.45, 2.75) is 19.3 Å². The Labute approximate surface area is 105 Å². The van der Waals surface area contributed by atoms with Crippen molar-refractivity contribution >= 4 is 10.0 Å². The van der Waals surface area contributed by atoms with Gasteiger partial charge in [-0.3, -0.25) is 0 Å². The summed E-state index contributed by atoms with van der Waals surface area (Å²) in [5, 5.41) is 2.95. The second-order valence-electron chi connectivity index (χ2n) is 4.87. The highest BCUT2D eigenvalue weighted by molar-refractivity contribution is 7.89. The number of likely N-dealkylation sites (tertiary alicyclic amines) is 1. The Hall–Kier alpha value is -0.170. The van der Waals surface area contributed by atoms with Gasteiger partial charge < -0.3 is 10.2 Å². The third kappa shape index (κ3) is 6.35. The van der Waals surface area contributed by atoms with Gasteiger partial charge in [-0.05, 0) is 58.9 Å². The van der Waals surface area contributed by atoms with Crippen LogP contribution in [0.15, 0.2) is 0 Å². The molecule has 5 nitrogen and oxygen atoms in total. The van der Waals surface area contributed by atoms with Gasteiger partial charge in [0.25, 0.3) is 0 Å². The minimum atomic E-state index is -3.07. The molecule has 17 heavy (non-hydrogen) atoms. The molecule has 0 bridgehead atoms. The van der Waals surface area contributed by atoms with Gasteiger partial charge in [0.05, 0.1) is 5.75 Å². The lowest BCUT2D eigenvalue weighted by atomic mass is 9.98. The minimum absolute atomic E-state index is 0.223. The van der Waals surface area contributed by atoms with Crippen molar-refractivity contribution in [2.75, 3.05) is 46.0 Å². The van der Waals surface area contributed by atoms with Crippen LogP contribution in [0.1, 0.15) is 19.3 Å². The summed E-state index contributed by atoms with van der Waals surface area (Å²) in [4.78, 5) is 2.29. The van der Waals surface area contributed by atoms with E-state index in [0.29, 0.717) is 18.9 Å². The Kier molecular flexibility index (Phi) is 6.40. The maximum atomic E-state index is 11.7. The van der Waals surface area contributed by atoms with Gasteiger partial charge in [-0.25, -0.2) is 13.1 Å². The van der Waals surface area contributed by atoms with E-state index in [4.69, 9.17) is 0 Å². The van der Waals surface area contributed by atoms with Gasteiger partial charge in [0.15, 0.2) is 0 Å². The van der Waals surface area contributed by atoms with Gasteiger partial charge in [0.1, 0.15) is 0 Å². The summed E-state index contributed by atoms with van der Waals surface area (Å²) in [7, 11) is 0.871. The predicted octanol–water partition coefficient (Wildman–Crippen LogP) is -0.143. The molecule has 1 saturated heterocycles. The van der Waals surface area contributed by atoms with E-state index < -0.39 is 10.0 Å². The number of hydrogen-bond donors (Lipinski definition) is 2. The third-order valence-corrected chi connectivity index (χ3v) is 4.70. The molecule has 0 spiro atoms. The lowest BCUT2D eigenvalue weighted by Gasteiger charge is -2.28. The van der Waals surface area contributed by atoms with Crippen LogP contribution in [0.25, 0.3) is 0 Å². The van der Waals surface area contributed by atoms with Crippen LogP contribution in [0.4, 0.5) is 0 Å². The van der Waals surface area contributed by atoms with Crippen molar-refractivity contribution in [3.8, 4) is 0 Å².